The number of primary amides is 1. The van der Waals surface area contributed by atoms with Crippen molar-refractivity contribution in [2.75, 3.05) is 6.61 Å². The average molecular weight is 319 g/mol. The third-order valence-corrected chi connectivity index (χ3v) is 3.13. The first-order valence-corrected chi connectivity index (χ1v) is 6.87. The number of fused-ring (bicyclic) bond motifs is 1. The first-order chi connectivity index (χ1) is 11.6. The van der Waals surface area contributed by atoms with Gasteiger partial charge in [0.25, 0.3) is 5.91 Å². The van der Waals surface area contributed by atoms with E-state index < -0.39 is 11.9 Å². The summed E-state index contributed by atoms with van der Waals surface area (Å²) in [6.07, 6.45) is 6.55. The molecule has 2 aromatic rings. The van der Waals surface area contributed by atoms with E-state index in [2.05, 4.69) is 5.92 Å². The Morgan fingerprint density at radius 3 is 2.71 bits per heavy atom. The predicted molar refractivity (Wildman–Crippen MR) is 89.6 cm³/mol. The number of benzene rings is 2. The maximum atomic E-state index is 11.9. The van der Waals surface area contributed by atoms with E-state index in [1.165, 1.54) is 6.08 Å². The molecule has 6 heteroatoms. The Balaban J connectivity index is 2.61. The summed E-state index contributed by atoms with van der Waals surface area (Å²) in [6, 6.07) is 11.6. The number of nitrogens with zero attached hydrogens (tertiary/aromatic N) is 1. The lowest BCUT2D eigenvalue weighted by Gasteiger charge is -2.11. The van der Waals surface area contributed by atoms with Crippen molar-refractivity contribution in [3.63, 3.8) is 0 Å². The number of urea groups is 1. The third kappa shape index (κ3) is 3.70. The van der Waals surface area contributed by atoms with Gasteiger partial charge in [-0.2, -0.15) is 5.26 Å². The lowest BCUT2D eigenvalue weighted by Crippen LogP contribution is -2.35. The lowest BCUT2D eigenvalue weighted by atomic mass is 10.0. The highest BCUT2D eigenvalue weighted by Crippen LogP contribution is 2.30. The van der Waals surface area contributed by atoms with Crippen LogP contribution in [-0.4, -0.2) is 18.5 Å². The van der Waals surface area contributed by atoms with Gasteiger partial charge in [-0.1, -0.05) is 36.3 Å². The molecule has 2 rings (SSSR count). The number of nitriles is 1. The van der Waals surface area contributed by atoms with Crippen molar-refractivity contribution in [2.24, 2.45) is 5.73 Å². The summed E-state index contributed by atoms with van der Waals surface area (Å²) >= 11 is 0. The van der Waals surface area contributed by atoms with E-state index in [0.29, 0.717) is 11.3 Å². The molecule has 0 unspecified atom stereocenters. The van der Waals surface area contributed by atoms with E-state index in [9.17, 15) is 14.9 Å². The summed E-state index contributed by atoms with van der Waals surface area (Å²) in [5.41, 5.74) is 5.14. The van der Waals surface area contributed by atoms with Crippen LogP contribution in [0.4, 0.5) is 4.79 Å². The molecule has 118 valence electrons. The molecule has 0 saturated carbocycles. The standard InChI is InChI=1S/C18H13N3O3/c1-2-9-24-16-8-7-12-5-3-4-6-14(12)15(16)10-13(11-19)17(22)21-18(20)23/h1,3-8,10H,9H2,(H3,20,21,22,23)/b13-10-. The Morgan fingerprint density at radius 2 is 2.04 bits per heavy atom. The highest BCUT2D eigenvalue weighted by atomic mass is 16.5. The molecule has 0 heterocycles. The van der Waals surface area contributed by atoms with Crippen molar-refractivity contribution in [3.05, 3.63) is 47.5 Å². The fourth-order valence-corrected chi connectivity index (χ4v) is 2.14. The molecule has 0 radical (unpaired) electrons. The van der Waals surface area contributed by atoms with Crippen LogP contribution >= 0.6 is 0 Å². The summed E-state index contributed by atoms with van der Waals surface area (Å²) in [7, 11) is 0. The maximum Gasteiger partial charge on any atom is 0.319 e. The van der Waals surface area contributed by atoms with E-state index in [4.69, 9.17) is 16.9 Å². The number of hydrogen-bond donors (Lipinski definition) is 2. The molecular weight excluding hydrogens is 306 g/mol. The molecule has 0 saturated heterocycles. The monoisotopic (exact) mass is 319 g/mol. The van der Waals surface area contributed by atoms with Crippen molar-refractivity contribution in [2.45, 2.75) is 0 Å². The fraction of sp³-hybridized carbons (Fsp3) is 0.0556. The highest BCUT2D eigenvalue weighted by molar-refractivity contribution is 6.10. The van der Waals surface area contributed by atoms with Crippen molar-refractivity contribution < 1.29 is 14.3 Å². The van der Waals surface area contributed by atoms with Crippen LogP contribution in [-0.2, 0) is 4.79 Å². The zero-order chi connectivity index (χ0) is 17.5. The van der Waals surface area contributed by atoms with Crippen LogP contribution in [0.5, 0.6) is 5.75 Å². The van der Waals surface area contributed by atoms with Crippen LogP contribution in [0.3, 0.4) is 0 Å². The fourth-order valence-electron chi connectivity index (χ4n) is 2.14. The molecule has 3 amide bonds. The second kappa shape index (κ2) is 7.48. The number of nitrogens with two attached hydrogens (primary N) is 1. The van der Waals surface area contributed by atoms with Crippen molar-refractivity contribution >= 4 is 28.8 Å². The molecule has 0 atom stereocenters. The zero-order valence-electron chi connectivity index (χ0n) is 12.6. The van der Waals surface area contributed by atoms with Crippen LogP contribution in [0.25, 0.3) is 16.8 Å². The van der Waals surface area contributed by atoms with E-state index in [-0.39, 0.29) is 12.2 Å². The van der Waals surface area contributed by atoms with E-state index in [1.807, 2.05) is 35.6 Å². The topological polar surface area (TPSA) is 105 Å². The first-order valence-electron chi connectivity index (χ1n) is 6.87. The predicted octanol–water partition coefficient (Wildman–Crippen LogP) is 1.95. The second-order valence-corrected chi connectivity index (χ2v) is 4.68. The van der Waals surface area contributed by atoms with Crippen LogP contribution in [0.2, 0.25) is 0 Å². The number of imide groups is 1. The second-order valence-electron chi connectivity index (χ2n) is 4.68. The Labute approximate surface area is 138 Å². The molecule has 0 spiro atoms. The molecule has 0 aliphatic rings. The Kier molecular flexibility index (Phi) is 5.17. The molecule has 0 aliphatic heterocycles. The van der Waals surface area contributed by atoms with Gasteiger partial charge in [0.05, 0.1) is 0 Å². The number of ether oxygens (including phenoxy) is 1. The number of carbonyl (C=O) groups excluding carboxylic acids is 2. The number of hydrogen-bond acceptors (Lipinski definition) is 4. The van der Waals surface area contributed by atoms with Crippen molar-refractivity contribution in [1.29, 1.82) is 5.26 Å². The number of terminal acetylenes is 1. The van der Waals surface area contributed by atoms with Gasteiger partial charge in [-0.15, -0.1) is 6.42 Å². The number of carbonyl (C=O) groups is 2. The van der Waals surface area contributed by atoms with Gasteiger partial charge in [0.2, 0.25) is 0 Å². The molecule has 24 heavy (non-hydrogen) atoms. The molecule has 0 aliphatic carbocycles. The van der Waals surface area contributed by atoms with Crippen LogP contribution < -0.4 is 15.8 Å². The summed E-state index contributed by atoms with van der Waals surface area (Å²) in [4.78, 5) is 22.7. The molecule has 0 bridgehead atoms. The van der Waals surface area contributed by atoms with Gasteiger partial charge in [-0.05, 0) is 22.9 Å². The minimum Gasteiger partial charge on any atom is -0.480 e. The molecule has 6 nitrogen and oxygen atoms in total. The van der Waals surface area contributed by atoms with E-state index >= 15 is 0 Å². The largest absolute Gasteiger partial charge is 0.480 e. The van der Waals surface area contributed by atoms with Crippen LogP contribution in [0.1, 0.15) is 5.56 Å². The lowest BCUT2D eigenvalue weighted by molar-refractivity contribution is -0.115. The van der Waals surface area contributed by atoms with Gasteiger partial charge in [0.15, 0.2) is 0 Å². The van der Waals surface area contributed by atoms with Gasteiger partial charge in [-0.3, -0.25) is 10.1 Å². The Bertz CT molecular complexity index is 917. The van der Waals surface area contributed by atoms with Crippen LogP contribution in [0.15, 0.2) is 42.0 Å². The zero-order valence-corrected chi connectivity index (χ0v) is 12.6. The Hall–Kier alpha value is -3.77. The normalized spacial score (nSPS) is 10.5. The molecular formula is C18H13N3O3. The number of rotatable bonds is 4. The van der Waals surface area contributed by atoms with Crippen molar-refractivity contribution in [3.8, 4) is 24.2 Å². The van der Waals surface area contributed by atoms with Gasteiger partial charge in [0.1, 0.15) is 24.0 Å². The smallest absolute Gasteiger partial charge is 0.319 e. The molecule has 0 fully saturated rings. The summed E-state index contributed by atoms with van der Waals surface area (Å²) in [5, 5.41) is 12.7. The number of amides is 3. The van der Waals surface area contributed by atoms with E-state index in [1.54, 1.807) is 12.1 Å². The molecule has 2 aromatic carbocycles. The van der Waals surface area contributed by atoms with Gasteiger partial charge in [0, 0.05) is 5.56 Å². The molecule has 0 aromatic heterocycles. The average Bonchev–Trinajstić information content (AvgIpc) is 2.57. The number of nitrogens with one attached hydrogen (secondary N) is 1. The maximum absolute atomic E-state index is 11.9. The minimum atomic E-state index is -1.04. The summed E-state index contributed by atoms with van der Waals surface area (Å²) in [6.45, 7) is 0.0363. The van der Waals surface area contributed by atoms with Crippen molar-refractivity contribution in [1.82, 2.24) is 5.32 Å². The minimum absolute atomic E-state index is 0.0363. The third-order valence-electron chi connectivity index (χ3n) is 3.13. The van der Waals surface area contributed by atoms with Gasteiger partial charge in [-0.25, -0.2) is 4.79 Å². The van der Waals surface area contributed by atoms with Gasteiger partial charge < -0.3 is 10.5 Å². The van der Waals surface area contributed by atoms with Crippen LogP contribution in [0, 0.1) is 23.7 Å². The van der Waals surface area contributed by atoms with E-state index in [0.717, 1.165) is 10.8 Å². The molecule has 3 N–H and O–H groups in total. The summed E-state index contributed by atoms with van der Waals surface area (Å²) in [5.74, 6) is 1.89. The first kappa shape index (κ1) is 16.6. The summed E-state index contributed by atoms with van der Waals surface area (Å²) < 4.78 is 5.49. The highest BCUT2D eigenvalue weighted by Gasteiger charge is 2.14. The Morgan fingerprint density at radius 1 is 1.29 bits per heavy atom. The van der Waals surface area contributed by atoms with Gasteiger partial charge >= 0.3 is 6.03 Å². The SMILES string of the molecule is C#CCOc1ccc2ccccc2c1/C=C(/C#N)C(=O)NC(N)=O. The quantitative estimate of drug-likeness (QED) is 0.510.